The van der Waals surface area contributed by atoms with Gasteiger partial charge >= 0.3 is 0 Å². The molecule has 1 aliphatic heterocycles. The molecule has 1 rings (SSSR count). The molecule has 4 heteroatoms. The van der Waals surface area contributed by atoms with Crippen LogP contribution in [0.5, 0.6) is 0 Å². The van der Waals surface area contributed by atoms with Crippen molar-refractivity contribution >= 4 is 11.8 Å². The van der Waals surface area contributed by atoms with Gasteiger partial charge in [-0.25, -0.2) is 0 Å². The molecular formula is C14H30N2OS. The molecule has 2 unspecified atom stereocenters. The van der Waals surface area contributed by atoms with Crippen LogP contribution in [0.2, 0.25) is 0 Å². The molecule has 0 aromatic rings. The second kappa shape index (κ2) is 7.73. The number of morpholine rings is 1. The second-order valence-electron chi connectivity index (χ2n) is 6.23. The molecule has 0 amide bonds. The van der Waals surface area contributed by atoms with Crippen molar-refractivity contribution in [3.8, 4) is 0 Å². The van der Waals surface area contributed by atoms with Crippen LogP contribution in [0.25, 0.3) is 0 Å². The smallest absolute Gasteiger partial charge is 0.0594 e. The normalized spacial score (nSPS) is 21.8. The highest BCUT2D eigenvalue weighted by atomic mass is 32.2. The largest absolute Gasteiger partial charge is 0.379 e. The van der Waals surface area contributed by atoms with Crippen molar-refractivity contribution in [1.82, 2.24) is 10.2 Å². The van der Waals surface area contributed by atoms with Crippen LogP contribution in [-0.2, 0) is 4.74 Å². The Balaban J connectivity index is 2.14. The maximum absolute atomic E-state index is 5.39. The molecular weight excluding hydrogens is 244 g/mol. The number of nitrogens with zero attached hydrogens (tertiary/aromatic N) is 1. The fraction of sp³-hybridized carbons (Fsp3) is 1.00. The molecule has 0 spiro atoms. The number of nitrogens with one attached hydrogen (secondary N) is 1. The van der Waals surface area contributed by atoms with E-state index in [1.165, 1.54) is 5.75 Å². The molecule has 0 radical (unpaired) electrons. The van der Waals surface area contributed by atoms with Crippen molar-refractivity contribution in [1.29, 1.82) is 0 Å². The zero-order valence-corrected chi connectivity index (χ0v) is 13.5. The van der Waals surface area contributed by atoms with E-state index in [1.54, 1.807) is 0 Å². The summed E-state index contributed by atoms with van der Waals surface area (Å²) in [5, 5.41) is 3.65. The minimum Gasteiger partial charge on any atom is -0.379 e. The van der Waals surface area contributed by atoms with Crippen LogP contribution < -0.4 is 5.32 Å². The lowest BCUT2D eigenvalue weighted by atomic mass is 10.2. The van der Waals surface area contributed by atoms with E-state index in [4.69, 9.17) is 4.74 Å². The van der Waals surface area contributed by atoms with Crippen molar-refractivity contribution in [3.63, 3.8) is 0 Å². The van der Waals surface area contributed by atoms with E-state index in [9.17, 15) is 0 Å². The summed E-state index contributed by atoms with van der Waals surface area (Å²) in [4.78, 5) is 2.51. The molecule has 0 saturated carbocycles. The fourth-order valence-electron chi connectivity index (χ4n) is 1.95. The van der Waals surface area contributed by atoms with Gasteiger partial charge in [0.05, 0.1) is 13.2 Å². The Morgan fingerprint density at radius 1 is 1.22 bits per heavy atom. The van der Waals surface area contributed by atoms with Crippen LogP contribution in [0.15, 0.2) is 0 Å². The van der Waals surface area contributed by atoms with Gasteiger partial charge in [0.2, 0.25) is 0 Å². The third-order valence-corrected chi connectivity index (χ3v) is 4.73. The molecule has 2 atom stereocenters. The summed E-state index contributed by atoms with van der Waals surface area (Å²) in [7, 11) is 0. The van der Waals surface area contributed by atoms with E-state index < -0.39 is 0 Å². The standard InChI is InChI=1S/C14H30N2OS/c1-12(11-18-14(3,4)5)15-10-13(2)16-6-8-17-9-7-16/h12-13,15H,6-11H2,1-5H3. The van der Waals surface area contributed by atoms with E-state index in [1.807, 2.05) is 11.8 Å². The Hall–Kier alpha value is 0.230. The van der Waals surface area contributed by atoms with Crippen LogP contribution in [0.4, 0.5) is 0 Å². The Morgan fingerprint density at radius 2 is 1.83 bits per heavy atom. The summed E-state index contributed by atoms with van der Waals surface area (Å²) in [5.74, 6) is 1.18. The molecule has 1 heterocycles. The van der Waals surface area contributed by atoms with Crippen LogP contribution in [-0.4, -0.2) is 60.3 Å². The van der Waals surface area contributed by atoms with Crippen LogP contribution in [0.3, 0.4) is 0 Å². The zero-order chi connectivity index (χ0) is 13.6. The van der Waals surface area contributed by atoms with E-state index in [-0.39, 0.29) is 0 Å². The van der Waals surface area contributed by atoms with Crippen LogP contribution >= 0.6 is 11.8 Å². The summed E-state index contributed by atoms with van der Waals surface area (Å²) < 4.78 is 5.75. The first-order valence-corrected chi connectivity index (χ1v) is 8.06. The predicted molar refractivity (Wildman–Crippen MR) is 81.5 cm³/mol. The van der Waals surface area contributed by atoms with Crippen molar-refractivity contribution in [2.45, 2.75) is 51.4 Å². The summed E-state index contributed by atoms with van der Waals surface area (Å²) in [6.45, 7) is 16.4. The van der Waals surface area contributed by atoms with Gasteiger partial charge in [0.25, 0.3) is 0 Å². The Bertz CT molecular complexity index is 224. The summed E-state index contributed by atoms with van der Waals surface area (Å²) in [5.41, 5.74) is 0. The van der Waals surface area contributed by atoms with Crippen molar-refractivity contribution < 1.29 is 4.74 Å². The minimum absolute atomic E-state index is 0.367. The van der Waals surface area contributed by atoms with Crippen LogP contribution in [0.1, 0.15) is 34.6 Å². The topological polar surface area (TPSA) is 24.5 Å². The van der Waals surface area contributed by atoms with Crippen molar-refractivity contribution in [2.75, 3.05) is 38.6 Å². The average Bonchev–Trinajstić information content (AvgIpc) is 2.33. The third-order valence-electron chi connectivity index (χ3n) is 3.20. The summed E-state index contributed by atoms with van der Waals surface area (Å²) in [6, 6.07) is 1.19. The maximum Gasteiger partial charge on any atom is 0.0594 e. The molecule has 0 aliphatic carbocycles. The Morgan fingerprint density at radius 3 is 2.39 bits per heavy atom. The molecule has 0 aromatic carbocycles. The third kappa shape index (κ3) is 6.98. The monoisotopic (exact) mass is 274 g/mol. The quantitative estimate of drug-likeness (QED) is 0.803. The molecule has 18 heavy (non-hydrogen) atoms. The molecule has 1 saturated heterocycles. The maximum atomic E-state index is 5.39. The summed E-state index contributed by atoms with van der Waals surface area (Å²) in [6.07, 6.45) is 0. The first-order valence-electron chi connectivity index (χ1n) is 7.07. The number of thioether (sulfide) groups is 1. The Kier molecular flexibility index (Phi) is 6.99. The van der Waals surface area contributed by atoms with E-state index in [0.717, 1.165) is 32.8 Å². The minimum atomic E-state index is 0.367. The molecule has 1 fully saturated rings. The highest BCUT2D eigenvalue weighted by molar-refractivity contribution is 8.00. The van der Waals surface area contributed by atoms with Gasteiger partial charge in [-0.1, -0.05) is 20.8 Å². The van der Waals surface area contributed by atoms with Gasteiger partial charge in [-0.3, -0.25) is 4.90 Å². The predicted octanol–water partition coefficient (Wildman–Crippen LogP) is 2.22. The number of rotatable bonds is 6. The van der Waals surface area contributed by atoms with Gasteiger partial charge in [-0.05, 0) is 13.8 Å². The van der Waals surface area contributed by atoms with Gasteiger partial charge in [0, 0.05) is 42.2 Å². The van der Waals surface area contributed by atoms with Gasteiger partial charge < -0.3 is 10.1 Å². The van der Waals surface area contributed by atoms with Gasteiger partial charge in [-0.15, -0.1) is 0 Å². The van der Waals surface area contributed by atoms with Gasteiger partial charge in [0.1, 0.15) is 0 Å². The second-order valence-corrected chi connectivity index (χ2v) is 8.08. The van der Waals surface area contributed by atoms with E-state index in [0.29, 0.717) is 16.8 Å². The SMILES string of the molecule is CC(CSC(C)(C)C)NCC(C)N1CCOCC1. The van der Waals surface area contributed by atoms with Crippen molar-refractivity contribution in [3.05, 3.63) is 0 Å². The fourth-order valence-corrected chi connectivity index (χ4v) is 2.82. The number of hydrogen-bond donors (Lipinski definition) is 1. The lowest BCUT2D eigenvalue weighted by Crippen LogP contribution is -2.48. The zero-order valence-electron chi connectivity index (χ0n) is 12.7. The molecule has 0 aromatic heterocycles. The lowest BCUT2D eigenvalue weighted by Gasteiger charge is -2.33. The number of ether oxygens (including phenoxy) is 1. The van der Waals surface area contributed by atoms with Gasteiger partial charge in [0.15, 0.2) is 0 Å². The molecule has 3 nitrogen and oxygen atoms in total. The van der Waals surface area contributed by atoms with E-state index >= 15 is 0 Å². The molecule has 1 N–H and O–H groups in total. The average molecular weight is 274 g/mol. The highest BCUT2D eigenvalue weighted by Gasteiger charge is 2.18. The van der Waals surface area contributed by atoms with Crippen molar-refractivity contribution in [2.24, 2.45) is 0 Å². The Labute approximate surface area is 117 Å². The van der Waals surface area contributed by atoms with Gasteiger partial charge in [-0.2, -0.15) is 11.8 Å². The first kappa shape index (κ1) is 16.3. The first-order chi connectivity index (χ1) is 8.38. The summed E-state index contributed by atoms with van der Waals surface area (Å²) >= 11 is 2.03. The highest BCUT2D eigenvalue weighted by Crippen LogP contribution is 2.23. The van der Waals surface area contributed by atoms with Crippen LogP contribution in [0, 0.1) is 0 Å². The molecule has 0 bridgehead atoms. The number of hydrogen-bond acceptors (Lipinski definition) is 4. The molecule has 1 aliphatic rings. The lowest BCUT2D eigenvalue weighted by molar-refractivity contribution is 0.0201. The molecule has 108 valence electrons. The van der Waals surface area contributed by atoms with E-state index in [2.05, 4.69) is 44.8 Å².